The van der Waals surface area contributed by atoms with Crippen LogP contribution >= 0.6 is 0 Å². The standard InChI is InChI=1S/C23H30N2O4/c1-6-28-19-9-8-18(14-20(19)29-7-2)10-11-24-22(26)23(27)25-21-16(4)12-15(3)13-17(21)5/h8-9,12-14H,6-7,10-11H2,1-5H3,(H,24,26)(H,25,27). The number of rotatable bonds is 8. The van der Waals surface area contributed by atoms with Crippen molar-refractivity contribution in [2.24, 2.45) is 0 Å². The van der Waals surface area contributed by atoms with E-state index in [0.717, 1.165) is 22.3 Å². The number of hydrogen-bond donors (Lipinski definition) is 2. The van der Waals surface area contributed by atoms with Gasteiger partial charge in [-0.05, 0) is 69.9 Å². The second kappa shape index (κ2) is 10.5. The zero-order chi connectivity index (χ0) is 21.4. The van der Waals surface area contributed by atoms with E-state index in [9.17, 15) is 9.59 Å². The fraction of sp³-hybridized carbons (Fsp3) is 0.391. The first-order valence-corrected chi connectivity index (χ1v) is 9.91. The molecule has 29 heavy (non-hydrogen) atoms. The summed E-state index contributed by atoms with van der Waals surface area (Å²) >= 11 is 0. The Labute approximate surface area is 172 Å². The van der Waals surface area contributed by atoms with E-state index in [1.165, 1.54) is 0 Å². The number of amides is 2. The van der Waals surface area contributed by atoms with Crippen LogP contribution in [0, 0.1) is 20.8 Å². The Morgan fingerprint density at radius 1 is 0.862 bits per heavy atom. The van der Waals surface area contributed by atoms with Crippen molar-refractivity contribution in [3.63, 3.8) is 0 Å². The molecule has 0 spiro atoms. The molecule has 0 aliphatic rings. The Kier molecular flexibility index (Phi) is 8.07. The van der Waals surface area contributed by atoms with Crippen molar-refractivity contribution >= 4 is 17.5 Å². The van der Waals surface area contributed by atoms with Gasteiger partial charge >= 0.3 is 11.8 Å². The highest BCUT2D eigenvalue weighted by atomic mass is 16.5. The van der Waals surface area contributed by atoms with Crippen LogP contribution in [0.25, 0.3) is 0 Å². The summed E-state index contributed by atoms with van der Waals surface area (Å²) in [5, 5.41) is 5.38. The highest BCUT2D eigenvalue weighted by Gasteiger charge is 2.16. The lowest BCUT2D eigenvalue weighted by Crippen LogP contribution is -2.36. The lowest BCUT2D eigenvalue weighted by molar-refractivity contribution is -0.136. The van der Waals surface area contributed by atoms with E-state index in [1.807, 2.05) is 65.0 Å². The summed E-state index contributed by atoms with van der Waals surface area (Å²) in [4.78, 5) is 24.4. The largest absolute Gasteiger partial charge is 0.490 e. The molecule has 0 atom stereocenters. The monoisotopic (exact) mass is 398 g/mol. The number of ether oxygens (including phenoxy) is 2. The van der Waals surface area contributed by atoms with Crippen molar-refractivity contribution in [2.75, 3.05) is 25.1 Å². The maximum Gasteiger partial charge on any atom is 0.313 e. The van der Waals surface area contributed by atoms with Gasteiger partial charge in [0, 0.05) is 12.2 Å². The molecule has 2 N–H and O–H groups in total. The molecule has 2 rings (SSSR count). The number of carbonyl (C=O) groups is 2. The van der Waals surface area contributed by atoms with E-state index in [1.54, 1.807) is 0 Å². The summed E-state index contributed by atoms with van der Waals surface area (Å²) in [7, 11) is 0. The van der Waals surface area contributed by atoms with Gasteiger partial charge in [0.1, 0.15) is 0 Å². The molecule has 2 amide bonds. The molecular weight excluding hydrogens is 368 g/mol. The first kappa shape index (κ1) is 22.3. The normalized spacial score (nSPS) is 10.4. The van der Waals surface area contributed by atoms with E-state index in [0.29, 0.717) is 43.4 Å². The lowest BCUT2D eigenvalue weighted by atomic mass is 10.1. The number of aryl methyl sites for hydroxylation is 3. The maximum atomic E-state index is 12.2. The molecule has 0 unspecified atom stereocenters. The van der Waals surface area contributed by atoms with Crippen LogP contribution in [-0.2, 0) is 16.0 Å². The molecule has 0 bridgehead atoms. The average molecular weight is 399 g/mol. The van der Waals surface area contributed by atoms with Crippen molar-refractivity contribution in [2.45, 2.75) is 41.0 Å². The quantitative estimate of drug-likeness (QED) is 0.665. The number of anilines is 1. The second-order valence-corrected chi connectivity index (χ2v) is 6.88. The van der Waals surface area contributed by atoms with Crippen LogP contribution in [-0.4, -0.2) is 31.6 Å². The first-order valence-electron chi connectivity index (χ1n) is 9.91. The zero-order valence-corrected chi connectivity index (χ0v) is 17.8. The number of carbonyl (C=O) groups excluding carboxylic acids is 2. The van der Waals surface area contributed by atoms with E-state index < -0.39 is 11.8 Å². The summed E-state index contributed by atoms with van der Waals surface area (Å²) in [6, 6.07) is 9.64. The summed E-state index contributed by atoms with van der Waals surface area (Å²) < 4.78 is 11.2. The smallest absolute Gasteiger partial charge is 0.313 e. The third-order valence-corrected chi connectivity index (χ3v) is 4.43. The molecule has 0 fully saturated rings. The van der Waals surface area contributed by atoms with Crippen LogP contribution in [0.5, 0.6) is 11.5 Å². The minimum atomic E-state index is -0.665. The topological polar surface area (TPSA) is 76.7 Å². The molecule has 2 aromatic carbocycles. The molecule has 0 aromatic heterocycles. The summed E-state index contributed by atoms with van der Waals surface area (Å²) in [6.07, 6.45) is 0.577. The molecule has 0 aliphatic carbocycles. The van der Waals surface area contributed by atoms with Gasteiger partial charge in [-0.3, -0.25) is 9.59 Å². The highest BCUT2D eigenvalue weighted by Crippen LogP contribution is 2.28. The first-order chi connectivity index (χ1) is 13.8. The van der Waals surface area contributed by atoms with Gasteiger partial charge in [-0.1, -0.05) is 23.8 Å². The molecule has 2 aromatic rings. The fourth-order valence-corrected chi connectivity index (χ4v) is 3.20. The van der Waals surface area contributed by atoms with Gasteiger partial charge in [0.05, 0.1) is 13.2 Å². The maximum absolute atomic E-state index is 12.2. The van der Waals surface area contributed by atoms with Crippen molar-refractivity contribution in [3.8, 4) is 11.5 Å². The van der Waals surface area contributed by atoms with Gasteiger partial charge in [-0.25, -0.2) is 0 Å². The Bertz CT molecular complexity index is 854. The van der Waals surface area contributed by atoms with Gasteiger partial charge in [0.2, 0.25) is 0 Å². The summed E-state index contributed by atoms with van der Waals surface area (Å²) in [6.45, 7) is 11.1. The molecular formula is C23H30N2O4. The minimum absolute atomic E-state index is 0.345. The van der Waals surface area contributed by atoms with Gasteiger partial charge in [-0.2, -0.15) is 0 Å². The summed E-state index contributed by atoms with van der Waals surface area (Å²) in [5.41, 5.74) is 4.65. The molecule has 0 heterocycles. The van der Waals surface area contributed by atoms with Crippen molar-refractivity contribution in [1.29, 1.82) is 0 Å². The van der Waals surface area contributed by atoms with Crippen LogP contribution in [0.2, 0.25) is 0 Å². The van der Waals surface area contributed by atoms with E-state index in [-0.39, 0.29) is 0 Å². The molecule has 0 saturated heterocycles. The lowest BCUT2D eigenvalue weighted by Gasteiger charge is -2.13. The Morgan fingerprint density at radius 2 is 1.48 bits per heavy atom. The second-order valence-electron chi connectivity index (χ2n) is 6.88. The predicted molar refractivity (Wildman–Crippen MR) is 115 cm³/mol. The van der Waals surface area contributed by atoms with Gasteiger partial charge in [0.15, 0.2) is 11.5 Å². The van der Waals surface area contributed by atoms with E-state index >= 15 is 0 Å². The molecule has 6 heteroatoms. The van der Waals surface area contributed by atoms with Crippen LogP contribution < -0.4 is 20.1 Å². The number of hydrogen-bond acceptors (Lipinski definition) is 4. The number of nitrogens with one attached hydrogen (secondary N) is 2. The molecule has 0 radical (unpaired) electrons. The average Bonchev–Trinajstić information content (AvgIpc) is 2.66. The van der Waals surface area contributed by atoms with Crippen LogP contribution in [0.15, 0.2) is 30.3 Å². The minimum Gasteiger partial charge on any atom is -0.490 e. The Balaban J connectivity index is 1.92. The molecule has 0 saturated carbocycles. The van der Waals surface area contributed by atoms with Gasteiger partial charge in [-0.15, -0.1) is 0 Å². The van der Waals surface area contributed by atoms with Crippen molar-refractivity contribution in [1.82, 2.24) is 5.32 Å². The third kappa shape index (κ3) is 6.24. The van der Waals surface area contributed by atoms with Crippen molar-refractivity contribution in [3.05, 3.63) is 52.6 Å². The van der Waals surface area contributed by atoms with Crippen LogP contribution in [0.1, 0.15) is 36.1 Å². The van der Waals surface area contributed by atoms with E-state index in [2.05, 4.69) is 10.6 Å². The molecule has 0 aliphatic heterocycles. The van der Waals surface area contributed by atoms with Crippen molar-refractivity contribution < 1.29 is 19.1 Å². The third-order valence-electron chi connectivity index (χ3n) is 4.43. The number of benzene rings is 2. The summed E-state index contributed by atoms with van der Waals surface area (Å²) in [5.74, 6) is 0.0636. The SMILES string of the molecule is CCOc1ccc(CCNC(=O)C(=O)Nc2c(C)cc(C)cc2C)cc1OCC. The molecule has 156 valence electrons. The zero-order valence-electron chi connectivity index (χ0n) is 17.8. The molecule has 6 nitrogen and oxygen atoms in total. The highest BCUT2D eigenvalue weighted by molar-refractivity contribution is 6.39. The predicted octanol–water partition coefficient (Wildman–Crippen LogP) is 3.71. The Morgan fingerprint density at radius 3 is 2.10 bits per heavy atom. The van der Waals surface area contributed by atoms with Gasteiger partial charge < -0.3 is 20.1 Å². The van der Waals surface area contributed by atoms with E-state index in [4.69, 9.17) is 9.47 Å². The van der Waals surface area contributed by atoms with Crippen LogP contribution in [0.4, 0.5) is 5.69 Å². The fourth-order valence-electron chi connectivity index (χ4n) is 3.20. The van der Waals surface area contributed by atoms with Gasteiger partial charge in [0.25, 0.3) is 0 Å². The van der Waals surface area contributed by atoms with Crippen LogP contribution in [0.3, 0.4) is 0 Å². The Hall–Kier alpha value is -3.02.